The van der Waals surface area contributed by atoms with Crippen molar-refractivity contribution in [3.05, 3.63) is 0 Å². The first-order valence-corrected chi connectivity index (χ1v) is 6.48. The summed E-state index contributed by atoms with van der Waals surface area (Å²) in [6.45, 7) is 0. The molecule has 1 saturated carbocycles. The molecule has 0 heterocycles. The molecule has 1 fully saturated rings. The van der Waals surface area contributed by atoms with Crippen LogP contribution in [0.5, 0.6) is 0 Å². The van der Waals surface area contributed by atoms with Crippen molar-refractivity contribution in [2.24, 2.45) is 11.7 Å². The molecule has 12 heavy (non-hydrogen) atoms. The van der Waals surface area contributed by atoms with Gasteiger partial charge in [-0.2, -0.15) is 11.8 Å². The van der Waals surface area contributed by atoms with Gasteiger partial charge in [0.2, 0.25) is 0 Å². The fraction of sp³-hybridized carbons (Fsp3) is 1.00. The van der Waals surface area contributed by atoms with Gasteiger partial charge in [-0.05, 0) is 43.6 Å². The summed E-state index contributed by atoms with van der Waals surface area (Å²) in [5.41, 5.74) is 6.05. The lowest BCUT2D eigenvalue weighted by atomic mass is 9.82. The SMILES string of the molecule is CSCCCC1CCCCC1N. The number of hydrogen-bond acceptors (Lipinski definition) is 2. The van der Waals surface area contributed by atoms with E-state index in [9.17, 15) is 0 Å². The van der Waals surface area contributed by atoms with Crippen molar-refractivity contribution in [2.45, 2.75) is 44.6 Å². The Morgan fingerprint density at radius 2 is 2.08 bits per heavy atom. The maximum absolute atomic E-state index is 6.05. The summed E-state index contributed by atoms with van der Waals surface area (Å²) < 4.78 is 0. The zero-order chi connectivity index (χ0) is 8.81. The van der Waals surface area contributed by atoms with Gasteiger partial charge in [-0.15, -0.1) is 0 Å². The third kappa shape index (κ3) is 3.36. The van der Waals surface area contributed by atoms with Gasteiger partial charge in [0.25, 0.3) is 0 Å². The average Bonchev–Trinajstić information content (AvgIpc) is 2.09. The number of thioether (sulfide) groups is 1. The van der Waals surface area contributed by atoms with E-state index in [-0.39, 0.29) is 0 Å². The monoisotopic (exact) mass is 187 g/mol. The smallest absolute Gasteiger partial charge is 0.00671 e. The minimum absolute atomic E-state index is 0.514. The average molecular weight is 187 g/mol. The molecule has 72 valence electrons. The molecule has 0 bridgehead atoms. The van der Waals surface area contributed by atoms with E-state index in [2.05, 4.69) is 6.26 Å². The Bertz CT molecular complexity index is 116. The number of hydrogen-bond donors (Lipinski definition) is 1. The third-order valence-corrected chi connectivity index (χ3v) is 3.59. The van der Waals surface area contributed by atoms with Gasteiger partial charge in [-0.1, -0.05) is 12.8 Å². The van der Waals surface area contributed by atoms with Gasteiger partial charge in [-0.3, -0.25) is 0 Å². The zero-order valence-electron chi connectivity index (χ0n) is 8.09. The molecule has 0 aromatic rings. The normalized spacial score (nSPS) is 30.5. The molecule has 0 spiro atoms. The highest BCUT2D eigenvalue weighted by molar-refractivity contribution is 7.98. The lowest BCUT2D eigenvalue weighted by molar-refractivity contribution is 0.290. The van der Waals surface area contributed by atoms with Crippen molar-refractivity contribution in [1.82, 2.24) is 0 Å². The molecule has 1 aliphatic carbocycles. The van der Waals surface area contributed by atoms with Crippen molar-refractivity contribution in [1.29, 1.82) is 0 Å². The Morgan fingerprint density at radius 3 is 2.75 bits per heavy atom. The molecular weight excluding hydrogens is 166 g/mol. The highest BCUT2D eigenvalue weighted by Crippen LogP contribution is 2.26. The highest BCUT2D eigenvalue weighted by atomic mass is 32.2. The van der Waals surface area contributed by atoms with E-state index >= 15 is 0 Å². The van der Waals surface area contributed by atoms with Crippen LogP contribution in [0.4, 0.5) is 0 Å². The summed E-state index contributed by atoms with van der Waals surface area (Å²) in [5.74, 6) is 2.15. The standard InChI is InChI=1S/C10H21NS/c1-12-8-4-6-9-5-2-3-7-10(9)11/h9-10H,2-8,11H2,1H3. The van der Waals surface area contributed by atoms with Crippen LogP contribution in [0.25, 0.3) is 0 Å². The number of rotatable bonds is 4. The van der Waals surface area contributed by atoms with E-state index in [1.54, 1.807) is 0 Å². The Kier molecular flexibility index (Phi) is 5.08. The van der Waals surface area contributed by atoms with Crippen LogP contribution < -0.4 is 5.73 Å². The summed E-state index contributed by atoms with van der Waals surface area (Å²) in [5, 5.41) is 0. The van der Waals surface area contributed by atoms with Crippen LogP contribution in [-0.4, -0.2) is 18.1 Å². The second-order valence-corrected chi connectivity index (χ2v) is 4.83. The van der Waals surface area contributed by atoms with Gasteiger partial charge in [0.15, 0.2) is 0 Å². The molecule has 0 aromatic heterocycles. The third-order valence-electron chi connectivity index (χ3n) is 2.89. The van der Waals surface area contributed by atoms with Crippen LogP contribution in [0.1, 0.15) is 38.5 Å². The predicted molar refractivity (Wildman–Crippen MR) is 57.5 cm³/mol. The molecule has 0 aliphatic heterocycles. The van der Waals surface area contributed by atoms with Crippen molar-refractivity contribution in [2.75, 3.05) is 12.0 Å². The predicted octanol–water partition coefficient (Wildman–Crippen LogP) is 2.65. The van der Waals surface area contributed by atoms with Gasteiger partial charge in [0.05, 0.1) is 0 Å². The Hall–Kier alpha value is 0.310. The summed E-state index contributed by atoms with van der Waals surface area (Å²) in [6.07, 6.45) is 10.3. The maximum Gasteiger partial charge on any atom is 0.00671 e. The van der Waals surface area contributed by atoms with E-state index in [1.807, 2.05) is 11.8 Å². The van der Waals surface area contributed by atoms with Crippen LogP contribution in [0.15, 0.2) is 0 Å². The van der Waals surface area contributed by atoms with Crippen LogP contribution in [0.3, 0.4) is 0 Å². The Labute approximate surface area is 80.5 Å². The molecule has 1 rings (SSSR count). The van der Waals surface area contributed by atoms with E-state index in [4.69, 9.17) is 5.73 Å². The molecule has 2 atom stereocenters. The second-order valence-electron chi connectivity index (χ2n) is 3.84. The second kappa shape index (κ2) is 5.87. The molecule has 2 N–H and O–H groups in total. The fourth-order valence-corrected chi connectivity index (χ4v) is 2.54. The number of nitrogens with two attached hydrogens (primary N) is 1. The minimum atomic E-state index is 0.514. The summed E-state index contributed by atoms with van der Waals surface area (Å²) >= 11 is 1.95. The fourth-order valence-electron chi connectivity index (χ4n) is 2.08. The van der Waals surface area contributed by atoms with E-state index in [0.717, 1.165) is 5.92 Å². The van der Waals surface area contributed by atoms with Crippen LogP contribution in [0.2, 0.25) is 0 Å². The topological polar surface area (TPSA) is 26.0 Å². The molecule has 2 unspecified atom stereocenters. The van der Waals surface area contributed by atoms with E-state index in [0.29, 0.717) is 6.04 Å². The highest BCUT2D eigenvalue weighted by Gasteiger charge is 2.20. The summed E-state index contributed by atoms with van der Waals surface area (Å²) in [7, 11) is 0. The van der Waals surface area contributed by atoms with Crippen molar-refractivity contribution in [3.8, 4) is 0 Å². The first kappa shape index (κ1) is 10.4. The van der Waals surface area contributed by atoms with Gasteiger partial charge in [0, 0.05) is 6.04 Å². The van der Waals surface area contributed by atoms with Gasteiger partial charge < -0.3 is 5.73 Å². The molecule has 0 amide bonds. The molecule has 0 aromatic carbocycles. The Balaban J connectivity index is 2.11. The van der Waals surface area contributed by atoms with Gasteiger partial charge in [-0.25, -0.2) is 0 Å². The first-order valence-electron chi connectivity index (χ1n) is 5.09. The lowest BCUT2D eigenvalue weighted by Gasteiger charge is -2.28. The summed E-state index contributed by atoms with van der Waals surface area (Å²) in [4.78, 5) is 0. The van der Waals surface area contributed by atoms with E-state index < -0.39 is 0 Å². The molecular formula is C10H21NS. The van der Waals surface area contributed by atoms with E-state index in [1.165, 1.54) is 44.3 Å². The Morgan fingerprint density at radius 1 is 1.33 bits per heavy atom. The van der Waals surface area contributed by atoms with Crippen molar-refractivity contribution < 1.29 is 0 Å². The van der Waals surface area contributed by atoms with Gasteiger partial charge in [0.1, 0.15) is 0 Å². The van der Waals surface area contributed by atoms with Crippen molar-refractivity contribution >= 4 is 11.8 Å². The van der Waals surface area contributed by atoms with Crippen LogP contribution >= 0.6 is 11.8 Å². The molecule has 1 nitrogen and oxygen atoms in total. The molecule has 0 radical (unpaired) electrons. The minimum Gasteiger partial charge on any atom is -0.327 e. The van der Waals surface area contributed by atoms with Gasteiger partial charge >= 0.3 is 0 Å². The summed E-state index contributed by atoms with van der Waals surface area (Å²) in [6, 6.07) is 0.514. The molecule has 0 saturated heterocycles. The molecule has 2 heteroatoms. The van der Waals surface area contributed by atoms with Crippen molar-refractivity contribution in [3.63, 3.8) is 0 Å². The largest absolute Gasteiger partial charge is 0.327 e. The quantitative estimate of drug-likeness (QED) is 0.685. The maximum atomic E-state index is 6.05. The first-order chi connectivity index (χ1) is 5.84. The van der Waals surface area contributed by atoms with Crippen LogP contribution in [0, 0.1) is 5.92 Å². The van der Waals surface area contributed by atoms with Crippen LogP contribution in [-0.2, 0) is 0 Å². The zero-order valence-corrected chi connectivity index (χ0v) is 8.91. The lowest BCUT2D eigenvalue weighted by Crippen LogP contribution is -2.32. The molecule has 1 aliphatic rings.